The van der Waals surface area contributed by atoms with Crippen molar-refractivity contribution >= 4 is 35.0 Å². The topological polar surface area (TPSA) is 52.6 Å². The van der Waals surface area contributed by atoms with Crippen molar-refractivity contribution in [3.63, 3.8) is 0 Å². The fourth-order valence-corrected chi connectivity index (χ4v) is 5.09. The third kappa shape index (κ3) is 3.73. The van der Waals surface area contributed by atoms with Crippen LogP contribution in [0.3, 0.4) is 0 Å². The number of fused-ring (bicyclic) bond motifs is 2. The molecule has 0 aliphatic carbocycles. The van der Waals surface area contributed by atoms with Gasteiger partial charge in [0.25, 0.3) is 0 Å². The van der Waals surface area contributed by atoms with E-state index in [1.165, 1.54) is 21.2 Å². The van der Waals surface area contributed by atoms with Crippen LogP contribution in [0.2, 0.25) is 0 Å². The van der Waals surface area contributed by atoms with E-state index in [1.54, 1.807) is 24.2 Å². The van der Waals surface area contributed by atoms with Gasteiger partial charge in [0.15, 0.2) is 0 Å². The van der Waals surface area contributed by atoms with Crippen molar-refractivity contribution in [2.75, 3.05) is 42.5 Å². The maximum atomic E-state index is 13.0. The third-order valence-corrected chi connectivity index (χ3v) is 6.68. The zero-order chi connectivity index (χ0) is 20.3. The van der Waals surface area contributed by atoms with E-state index in [9.17, 15) is 4.79 Å². The SMILES string of the molecule is O=C(CCN1c2ccccc2Sc2ccccc21)N1CCN(c2ncccn2)CC1. The second-order valence-corrected chi connectivity index (χ2v) is 8.44. The Kier molecular flexibility index (Phi) is 5.27. The van der Waals surface area contributed by atoms with Gasteiger partial charge >= 0.3 is 0 Å². The van der Waals surface area contributed by atoms with Gasteiger partial charge in [0.05, 0.1) is 11.4 Å². The molecule has 1 saturated heterocycles. The Balaban J connectivity index is 1.24. The molecule has 5 rings (SSSR count). The van der Waals surface area contributed by atoms with Gasteiger partial charge in [-0.05, 0) is 30.3 Å². The summed E-state index contributed by atoms with van der Waals surface area (Å²) in [5, 5.41) is 0. The second-order valence-electron chi connectivity index (χ2n) is 7.36. The van der Waals surface area contributed by atoms with Crippen LogP contribution in [0, 0.1) is 0 Å². The minimum atomic E-state index is 0.205. The average molecular weight is 418 g/mol. The van der Waals surface area contributed by atoms with Crippen molar-refractivity contribution in [3.05, 3.63) is 67.0 Å². The number of carbonyl (C=O) groups excluding carboxylic acids is 1. The van der Waals surface area contributed by atoms with Crippen LogP contribution in [0.15, 0.2) is 76.8 Å². The molecule has 6 nitrogen and oxygen atoms in total. The molecule has 7 heteroatoms. The van der Waals surface area contributed by atoms with Gasteiger partial charge in [0, 0.05) is 61.3 Å². The molecule has 152 valence electrons. The fourth-order valence-electron chi connectivity index (χ4n) is 4.00. The molecule has 0 bridgehead atoms. The summed E-state index contributed by atoms with van der Waals surface area (Å²) in [5.41, 5.74) is 2.36. The first-order valence-corrected chi connectivity index (χ1v) is 11.0. The molecule has 0 atom stereocenters. The second kappa shape index (κ2) is 8.36. The first-order chi connectivity index (χ1) is 14.8. The molecule has 2 aliphatic heterocycles. The molecular weight excluding hydrogens is 394 g/mol. The number of anilines is 3. The first kappa shape index (κ1) is 18.9. The highest BCUT2D eigenvalue weighted by molar-refractivity contribution is 7.99. The summed E-state index contributed by atoms with van der Waals surface area (Å²) in [6.45, 7) is 3.62. The van der Waals surface area contributed by atoms with E-state index >= 15 is 0 Å². The summed E-state index contributed by atoms with van der Waals surface area (Å²) in [6, 6.07) is 18.7. The highest BCUT2D eigenvalue weighted by atomic mass is 32.2. The molecule has 0 radical (unpaired) electrons. The van der Waals surface area contributed by atoms with Crippen LogP contribution in [0.5, 0.6) is 0 Å². The van der Waals surface area contributed by atoms with Gasteiger partial charge in [-0.25, -0.2) is 9.97 Å². The molecule has 2 aromatic carbocycles. The minimum Gasteiger partial charge on any atom is -0.339 e. The van der Waals surface area contributed by atoms with E-state index in [2.05, 4.69) is 68.3 Å². The van der Waals surface area contributed by atoms with E-state index in [-0.39, 0.29) is 5.91 Å². The van der Waals surface area contributed by atoms with Gasteiger partial charge < -0.3 is 14.7 Å². The Labute approximate surface area is 180 Å². The van der Waals surface area contributed by atoms with Crippen LogP contribution in [0.25, 0.3) is 0 Å². The number of aromatic nitrogens is 2. The van der Waals surface area contributed by atoms with Crippen molar-refractivity contribution in [2.24, 2.45) is 0 Å². The smallest absolute Gasteiger partial charge is 0.225 e. The molecule has 0 saturated carbocycles. The first-order valence-electron chi connectivity index (χ1n) is 10.2. The van der Waals surface area contributed by atoms with Gasteiger partial charge in [-0.2, -0.15) is 0 Å². The molecular formula is C23H23N5OS. The van der Waals surface area contributed by atoms with Gasteiger partial charge in [0.1, 0.15) is 0 Å². The molecule has 1 aromatic heterocycles. The molecule has 3 heterocycles. The number of nitrogens with zero attached hydrogens (tertiary/aromatic N) is 5. The number of benzene rings is 2. The van der Waals surface area contributed by atoms with Crippen LogP contribution in [0.4, 0.5) is 17.3 Å². The van der Waals surface area contributed by atoms with E-state index in [4.69, 9.17) is 0 Å². The maximum absolute atomic E-state index is 13.0. The molecule has 1 fully saturated rings. The summed E-state index contributed by atoms with van der Waals surface area (Å²) in [7, 11) is 0. The number of hydrogen-bond acceptors (Lipinski definition) is 6. The summed E-state index contributed by atoms with van der Waals surface area (Å²) in [5.74, 6) is 0.945. The average Bonchev–Trinajstić information content (AvgIpc) is 2.82. The van der Waals surface area contributed by atoms with E-state index in [1.807, 2.05) is 11.0 Å². The minimum absolute atomic E-state index is 0.205. The molecule has 2 aliphatic rings. The Bertz CT molecular complexity index is 991. The van der Waals surface area contributed by atoms with Crippen molar-refractivity contribution in [3.8, 4) is 0 Å². The Morgan fingerprint density at radius 3 is 2.07 bits per heavy atom. The lowest BCUT2D eigenvalue weighted by molar-refractivity contribution is -0.131. The zero-order valence-electron chi connectivity index (χ0n) is 16.6. The van der Waals surface area contributed by atoms with Gasteiger partial charge in [-0.1, -0.05) is 36.0 Å². The lowest BCUT2D eigenvalue weighted by Crippen LogP contribution is -2.49. The normalized spacial score (nSPS) is 15.5. The molecule has 0 spiro atoms. The highest BCUT2D eigenvalue weighted by Gasteiger charge is 2.26. The van der Waals surface area contributed by atoms with E-state index in [0.717, 1.165) is 19.0 Å². The Morgan fingerprint density at radius 2 is 1.43 bits per heavy atom. The predicted molar refractivity (Wildman–Crippen MR) is 119 cm³/mol. The summed E-state index contributed by atoms with van der Waals surface area (Å²) >= 11 is 1.79. The van der Waals surface area contributed by atoms with Crippen molar-refractivity contribution < 1.29 is 4.79 Å². The quantitative estimate of drug-likeness (QED) is 0.643. The Morgan fingerprint density at radius 1 is 0.833 bits per heavy atom. The monoisotopic (exact) mass is 417 g/mol. The van der Waals surface area contributed by atoms with E-state index in [0.29, 0.717) is 26.1 Å². The number of carbonyl (C=O) groups is 1. The Hall–Kier alpha value is -3.06. The number of piperazine rings is 1. The molecule has 1 amide bonds. The standard InChI is InChI=1S/C23H23N5OS/c29-22(26-14-16-27(17-15-26)23-24-11-5-12-25-23)10-13-28-18-6-1-3-8-20(18)30-21-9-4-2-7-19(21)28/h1-9,11-12H,10,13-17H2. The van der Waals surface area contributed by atoms with Gasteiger partial charge in [0.2, 0.25) is 11.9 Å². The largest absolute Gasteiger partial charge is 0.339 e. The molecule has 0 N–H and O–H groups in total. The van der Waals surface area contributed by atoms with E-state index < -0.39 is 0 Å². The van der Waals surface area contributed by atoms with Crippen LogP contribution in [0.1, 0.15) is 6.42 Å². The van der Waals surface area contributed by atoms with Crippen LogP contribution >= 0.6 is 11.8 Å². The number of para-hydroxylation sites is 2. The maximum Gasteiger partial charge on any atom is 0.225 e. The number of hydrogen-bond donors (Lipinski definition) is 0. The van der Waals surface area contributed by atoms with Crippen LogP contribution < -0.4 is 9.80 Å². The molecule has 3 aromatic rings. The fraction of sp³-hybridized carbons (Fsp3) is 0.261. The predicted octanol–water partition coefficient (Wildman–Crippen LogP) is 3.82. The summed E-state index contributed by atoms with van der Waals surface area (Å²) in [4.78, 5) is 30.4. The van der Waals surface area contributed by atoms with Crippen molar-refractivity contribution in [1.29, 1.82) is 0 Å². The molecule has 0 unspecified atom stereocenters. The van der Waals surface area contributed by atoms with Gasteiger partial charge in [-0.3, -0.25) is 4.79 Å². The lowest BCUT2D eigenvalue weighted by Gasteiger charge is -2.36. The summed E-state index contributed by atoms with van der Waals surface area (Å²) < 4.78 is 0. The van der Waals surface area contributed by atoms with Gasteiger partial charge in [-0.15, -0.1) is 0 Å². The molecule has 30 heavy (non-hydrogen) atoms. The third-order valence-electron chi connectivity index (χ3n) is 5.55. The highest BCUT2D eigenvalue weighted by Crippen LogP contribution is 2.47. The van der Waals surface area contributed by atoms with Crippen molar-refractivity contribution in [2.45, 2.75) is 16.2 Å². The van der Waals surface area contributed by atoms with Crippen LogP contribution in [-0.4, -0.2) is 53.5 Å². The number of amides is 1. The van der Waals surface area contributed by atoms with Crippen molar-refractivity contribution in [1.82, 2.24) is 14.9 Å². The van der Waals surface area contributed by atoms with Crippen LogP contribution in [-0.2, 0) is 4.79 Å². The lowest BCUT2D eigenvalue weighted by atomic mass is 10.2. The number of rotatable bonds is 4. The zero-order valence-corrected chi connectivity index (χ0v) is 17.5. The summed E-state index contributed by atoms with van der Waals surface area (Å²) in [6.07, 6.45) is 4.01.